The van der Waals surface area contributed by atoms with Gasteiger partial charge in [-0.3, -0.25) is 4.90 Å². The van der Waals surface area contributed by atoms with Gasteiger partial charge >= 0.3 is 5.97 Å². The number of benzene rings is 2. The van der Waals surface area contributed by atoms with Crippen LogP contribution >= 0.6 is 11.6 Å². The van der Waals surface area contributed by atoms with E-state index < -0.39 is 11.8 Å². The second-order valence-corrected chi connectivity index (χ2v) is 10.8. The van der Waals surface area contributed by atoms with Gasteiger partial charge in [0.25, 0.3) is 0 Å². The summed E-state index contributed by atoms with van der Waals surface area (Å²) in [5, 5.41) is 9.86. The highest BCUT2D eigenvalue weighted by atomic mass is 35.5. The van der Waals surface area contributed by atoms with Crippen molar-refractivity contribution in [1.82, 2.24) is 19.4 Å². The van der Waals surface area contributed by atoms with Gasteiger partial charge in [-0.05, 0) is 49.2 Å². The molecule has 0 saturated carbocycles. The molecular formula is C30H31ClFN5O4. The van der Waals surface area contributed by atoms with E-state index in [1.165, 1.54) is 6.07 Å². The summed E-state index contributed by atoms with van der Waals surface area (Å²) >= 11 is 5.85. The number of fused-ring (bicyclic) bond motifs is 1. The SMILES string of the molecule is O=C(O)c1ccc2nc(CN3CCCN(c4cccc(OCc5ccc(Cl)cc5F)n4)CC3)n(C[C@@H]3CCO3)c2c1. The molecule has 0 aliphatic carbocycles. The number of carboxylic acid groups (broad SMARTS) is 1. The van der Waals surface area contributed by atoms with Crippen molar-refractivity contribution in [3.63, 3.8) is 0 Å². The standard InChI is InChI=1S/C30H31ClFN5O4/c31-22-7-5-21(24(32)16-22)19-41-29-4-1-3-27(34-29)36-11-2-10-35(12-13-36)18-28-33-25-8-6-20(30(38)39)15-26(25)37(28)17-23-9-14-40-23/h1,3-8,15-16,23H,2,9-14,17-19H2,(H,38,39)/t23-/m0/s1. The maximum Gasteiger partial charge on any atom is 0.335 e. The molecule has 1 N–H and O–H groups in total. The minimum absolute atomic E-state index is 0.0636. The second kappa shape index (κ2) is 12.0. The van der Waals surface area contributed by atoms with Crippen molar-refractivity contribution < 1.29 is 23.8 Å². The van der Waals surface area contributed by atoms with E-state index in [0.717, 1.165) is 68.3 Å². The normalized spacial score (nSPS) is 17.8. The molecule has 0 bridgehead atoms. The van der Waals surface area contributed by atoms with E-state index >= 15 is 0 Å². The highest BCUT2D eigenvalue weighted by Crippen LogP contribution is 2.25. The maximum atomic E-state index is 14.1. The number of aromatic carboxylic acids is 1. The van der Waals surface area contributed by atoms with Crippen LogP contribution < -0.4 is 9.64 Å². The number of aromatic nitrogens is 3. The molecule has 0 radical (unpaired) electrons. The first-order valence-electron chi connectivity index (χ1n) is 13.8. The molecule has 11 heteroatoms. The molecule has 1 atom stereocenters. The molecule has 4 aromatic rings. The van der Waals surface area contributed by atoms with Crippen LogP contribution in [0, 0.1) is 5.82 Å². The molecule has 2 aliphatic rings. The molecule has 41 heavy (non-hydrogen) atoms. The van der Waals surface area contributed by atoms with E-state index in [-0.39, 0.29) is 18.3 Å². The summed E-state index contributed by atoms with van der Waals surface area (Å²) < 4.78 is 27.8. The maximum absolute atomic E-state index is 14.1. The third-order valence-electron chi connectivity index (χ3n) is 7.63. The molecular weight excluding hydrogens is 549 g/mol. The van der Waals surface area contributed by atoms with Gasteiger partial charge in [-0.1, -0.05) is 23.7 Å². The molecule has 0 amide bonds. The molecule has 2 aromatic heterocycles. The average molecular weight is 580 g/mol. The minimum Gasteiger partial charge on any atom is -0.478 e. The van der Waals surface area contributed by atoms with E-state index in [0.29, 0.717) is 29.6 Å². The molecule has 214 valence electrons. The van der Waals surface area contributed by atoms with E-state index in [4.69, 9.17) is 26.1 Å². The lowest BCUT2D eigenvalue weighted by atomic mass is 10.1. The van der Waals surface area contributed by atoms with Crippen molar-refractivity contribution in [2.75, 3.05) is 37.7 Å². The highest BCUT2D eigenvalue weighted by Gasteiger charge is 2.24. The van der Waals surface area contributed by atoms with Crippen LogP contribution in [0.1, 0.15) is 34.6 Å². The van der Waals surface area contributed by atoms with E-state index in [1.54, 1.807) is 36.4 Å². The van der Waals surface area contributed by atoms with Crippen LogP contribution in [0.4, 0.5) is 10.2 Å². The van der Waals surface area contributed by atoms with Gasteiger partial charge in [0, 0.05) is 49.4 Å². The molecule has 6 rings (SSSR count). The first-order chi connectivity index (χ1) is 19.9. The third-order valence-corrected chi connectivity index (χ3v) is 7.87. The first kappa shape index (κ1) is 27.4. The number of imidazole rings is 1. The summed E-state index contributed by atoms with van der Waals surface area (Å²) in [5.74, 6) is 0.808. The Hall–Kier alpha value is -3.73. The van der Waals surface area contributed by atoms with Gasteiger partial charge in [0.1, 0.15) is 24.1 Å². The fourth-order valence-electron chi connectivity index (χ4n) is 5.27. The van der Waals surface area contributed by atoms with Gasteiger partial charge in [-0.15, -0.1) is 0 Å². The smallest absolute Gasteiger partial charge is 0.335 e. The Balaban J connectivity index is 1.13. The van der Waals surface area contributed by atoms with Gasteiger partial charge in [-0.2, -0.15) is 4.98 Å². The molecule has 4 heterocycles. The Labute approximate surface area is 242 Å². The van der Waals surface area contributed by atoms with Crippen molar-refractivity contribution >= 4 is 34.4 Å². The van der Waals surface area contributed by atoms with Crippen LogP contribution in [0.25, 0.3) is 11.0 Å². The molecule has 0 unspecified atom stereocenters. The van der Waals surface area contributed by atoms with Crippen LogP contribution in [0.2, 0.25) is 5.02 Å². The number of halogens is 2. The van der Waals surface area contributed by atoms with Crippen molar-refractivity contribution in [3.8, 4) is 5.88 Å². The van der Waals surface area contributed by atoms with Crippen LogP contribution in [-0.4, -0.2) is 69.4 Å². The predicted molar refractivity (Wildman–Crippen MR) is 153 cm³/mol. The van der Waals surface area contributed by atoms with Crippen LogP contribution in [-0.2, 0) is 24.4 Å². The summed E-state index contributed by atoms with van der Waals surface area (Å²) in [6, 6.07) is 15.3. The zero-order chi connectivity index (χ0) is 28.3. The lowest BCUT2D eigenvalue weighted by Gasteiger charge is -2.28. The minimum atomic E-state index is -0.950. The summed E-state index contributed by atoms with van der Waals surface area (Å²) in [4.78, 5) is 25.8. The van der Waals surface area contributed by atoms with Crippen molar-refractivity contribution in [2.45, 2.75) is 38.6 Å². The van der Waals surface area contributed by atoms with E-state index in [1.807, 2.05) is 12.1 Å². The van der Waals surface area contributed by atoms with Gasteiger partial charge < -0.3 is 24.0 Å². The number of anilines is 1. The van der Waals surface area contributed by atoms with E-state index in [2.05, 4.69) is 19.4 Å². The number of ether oxygens (including phenoxy) is 2. The number of rotatable bonds is 9. The largest absolute Gasteiger partial charge is 0.478 e. The Morgan fingerprint density at radius 1 is 1.10 bits per heavy atom. The quantitative estimate of drug-likeness (QED) is 0.296. The Bertz CT molecular complexity index is 1560. The zero-order valence-corrected chi connectivity index (χ0v) is 23.3. The fraction of sp³-hybridized carbons (Fsp3) is 0.367. The first-order valence-corrected chi connectivity index (χ1v) is 14.2. The Morgan fingerprint density at radius 2 is 1.98 bits per heavy atom. The topological polar surface area (TPSA) is 93.0 Å². The lowest BCUT2D eigenvalue weighted by molar-refractivity contribution is -0.0591. The monoisotopic (exact) mass is 579 g/mol. The number of hydrogen-bond donors (Lipinski definition) is 1. The third kappa shape index (κ3) is 6.29. The fourth-order valence-corrected chi connectivity index (χ4v) is 5.43. The molecule has 2 aromatic carbocycles. The number of hydrogen-bond acceptors (Lipinski definition) is 7. The summed E-state index contributed by atoms with van der Waals surface area (Å²) in [7, 11) is 0. The van der Waals surface area contributed by atoms with Crippen molar-refractivity contribution in [1.29, 1.82) is 0 Å². The van der Waals surface area contributed by atoms with Gasteiger partial charge in [-0.25, -0.2) is 14.2 Å². The van der Waals surface area contributed by atoms with Gasteiger partial charge in [0.2, 0.25) is 5.88 Å². The highest BCUT2D eigenvalue weighted by molar-refractivity contribution is 6.30. The van der Waals surface area contributed by atoms with Crippen molar-refractivity contribution in [3.05, 3.63) is 82.4 Å². The van der Waals surface area contributed by atoms with Crippen LogP contribution in [0.3, 0.4) is 0 Å². The average Bonchev–Trinajstić information content (AvgIpc) is 3.09. The number of carboxylic acids is 1. The molecule has 2 saturated heterocycles. The molecule has 2 fully saturated rings. The second-order valence-electron chi connectivity index (χ2n) is 10.4. The molecule has 9 nitrogen and oxygen atoms in total. The van der Waals surface area contributed by atoms with Gasteiger partial charge in [0.15, 0.2) is 0 Å². The molecule has 0 spiro atoms. The van der Waals surface area contributed by atoms with Crippen LogP contribution in [0.5, 0.6) is 5.88 Å². The number of pyridine rings is 1. The Morgan fingerprint density at radius 3 is 2.76 bits per heavy atom. The number of carbonyl (C=O) groups is 1. The van der Waals surface area contributed by atoms with Gasteiger partial charge in [0.05, 0.1) is 35.8 Å². The summed E-state index contributed by atoms with van der Waals surface area (Å²) in [5.41, 5.74) is 2.29. The number of nitrogens with zero attached hydrogens (tertiary/aromatic N) is 5. The summed E-state index contributed by atoms with van der Waals surface area (Å²) in [6.07, 6.45) is 2.05. The lowest BCUT2D eigenvalue weighted by Crippen LogP contribution is -2.34. The van der Waals surface area contributed by atoms with Crippen LogP contribution in [0.15, 0.2) is 54.6 Å². The zero-order valence-electron chi connectivity index (χ0n) is 22.5. The predicted octanol–water partition coefficient (Wildman–Crippen LogP) is 5.00. The van der Waals surface area contributed by atoms with Crippen molar-refractivity contribution in [2.24, 2.45) is 0 Å². The Kier molecular flexibility index (Phi) is 8.04. The van der Waals surface area contributed by atoms with E-state index in [9.17, 15) is 14.3 Å². The summed E-state index contributed by atoms with van der Waals surface area (Å²) in [6.45, 7) is 5.45. The molecule has 2 aliphatic heterocycles.